The molecule has 0 aliphatic rings. The summed E-state index contributed by atoms with van der Waals surface area (Å²) in [4.78, 5) is 16.8. The number of nitrogens with zero attached hydrogens (tertiary/aromatic N) is 1. The smallest absolute Gasteiger partial charge is 0.261 e. The molecule has 0 fully saturated rings. The van der Waals surface area contributed by atoms with Crippen LogP contribution >= 0.6 is 11.3 Å². The van der Waals surface area contributed by atoms with Gasteiger partial charge >= 0.3 is 0 Å². The number of ether oxygens (including phenoxy) is 2. The van der Waals surface area contributed by atoms with Crippen LogP contribution in [0.25, 0.3) is 0 Å². The molecule has 7 nitrogen and oxygen atoms in total. The third-order valence-electron chi connectivity index (χ3n) is 3.81. The fourth-order valence-corrected chi connectivity index (χ4v) is 3.03. The second-order valence-corrected chi connectivity index (χ2v) is 6.58. The van der Waals surface area contributed by atoms with Crippen molar-refractivity contribution in [1.29, 1.82) is 0 Å². The third-order valence-corrected chi connectivity index (χ3v) is 4.68. The summed E-state index contributed by atoms with van der Waals surface area (Å²) in [5, 5.41) is 11.3. The molecule has 1 aromatic carbocycles. The summed E-state index contributed by atoms with van der Waals surface area (Å²) >= 11 is 1.44. The topological polar surface area (TPSA) is 84.0 Å². The highest BCUT2D eigenvalue weighted by atomic mass is 32.1. The molecule has 0 unspecified atom stereocenters. The molecule has 27 heavy (non-hydrogen) atoms. The Hall–Kier alpha value is -2.74. The predicted octanol–water partition coefficient (Wildman–Crippen LogP) is 2.25. The minimum atomic E-state index is -0.0269. The van der Waals surface area contributed by atoms with E-state index < -0.39 is 0 Å². The molecule has 146 valence electrons. The van der Waals surface area contributed by atoms with Gasteiger partial charge in [0.1, 0.15) is 0 Å². The Morgan fingerprint density at radius 2 is 1.85 bits per heavy atom. The summed E-state index contributed by atoms with van der Waals surface area (Å²) in [6.07, 6.45) is 0.800. The van der Waals surface area contributed by atoms with Gasteiger partial charge in [-0.2, -0.15) is 0 Å². The number of amides is 1. The van der Waals surface area contributed by atoms with Crippen molar-refractivity contribution >= 4 is 23.2 Å². The predicted molar refractivity (Wildman–Crippen MR) is 109 cm³/mol. The Kier molecular flexibility index (Phi) is 8.44. The average Bonchev–Trinajstić information content (AvgIpc) is 3.24. The van der Waals surface area contributed by atoms with Gasteiger partial charge in [0.25, 0.3) is 5.91 Å². The maximum absolute atomic E-state index is 11.8. The van der Waals surface area contributed by atoms with Gasteiger partial charge in [-0.25, -0.2) is 0 Å². The van der Waals surface area contributed by atoms with Crippen LogP contribution in [0.4, 0.5) is 0 Å². The van der Waals surface area contributed by atoms with Crippen LogP contribution in [0, 0.1) is 0 Å². The van der Waals surface area contributed by atoms with Gasteiger partial charge in [-0.15, -0.1) is 11.3 Å². The highest BCUT2D eigenvalue weighted by Crippen LogP contribution is 2.27. The van der Waals surface area contributed by atoms with E-state index in [1.165, 1.54) is 11.3 Å². The van der Waals surface area contributed by atoms with Gasteiger partial charge in [-0.1, -0.05) is 12.1 Å². The molecule has 1 amide bonds. The van der Waals surface area contributed by atoms with E-state index >= 15 is 0 Å². The third kappa shape index (κ3) is 6.49. The summed E-state index contributed by atoms with van der Waals surface area (Å²) < 4.78 is 10.6. The molecular formula is C19H26N4O3S. The second kappa shape index (κ2) is 11.1. The lowest BCUT2D eigenvalue weighted by molar-refractivity contribution is 0.0957. The molecule has 0 aliphatic heterocycles. The van der Waals surface area contributed by atoms with Crippen LogP contribution in [-0.2, 0) is 6.54 Å². The van der Waals surface area contributed by atoms with E-state index in [0.717, 1.165) is 16.9 Å². The van der Waals surface area contributed by atoms with E-state index in [1.807, 2.05) is 35.7 Å². The van der Waals surface area contributed by atoms with Gasteiger partial charge in [-0.05, 0) is 35.6 Å². The van der Waals surface area contributed by atoms with E-state index in [-0.39, 0.29) is 5.91 Å². The first-order valence-corrected chi connectivity index (χ1v) is 9.53. The largest absolute Gasteiger partial charge is 0.493 e. The highest BCUT2D eigenvalue weighted by Gasteiger charge is 2.06. The molecule has 2 rings (SSSR count). The zero-order valence-corrected chi connectivity index (χ0v) is 16.7. The van der Waals surface area contributed by atoms with Gasteiger partial charge in [0.2, 0.25) is 0 Å². The highest BCUT2D eigenvalue weighted by molar-refractivity contribution is 7.12. The van der Waals surface area contributed by atoms with Crippen LogP contribution < -0.4 is 25.4 Å². The van der Waals surface area contributed by atoms with Gasteiger partial charge in [0.05, 0.1) is 19.1 Å². The van der Waals surface area contributed by atoms with Crippen molar-refractivity contribution < 1.29 is 14.3 Å². The van der Waals surface area contributed by atoms with Crippen molar-refractivity contribution in [2.75, 3.05) is 34.4 Å². The van der Waals surface area contributed by atoms with Crippen molar-refractivity contribution in [2.45, 2.75) is 13.0 Å². The first-order valence-electron chi connectivity index (χ1n) is 8.65. The molecular weight excluding hydrogens is 364 g/mol. The molecule has 2 aromatic rings. The maximum atomic E-state index is 11.8. The van der Waals surface area contributed by atoms with E-state index in [9.17, 15) is 4.79 Å². The Bertz CT molecular complexity index is 747. The summed E-state index contributed by atoms with van der Waals surface area (Å²) in [5.41, 5.74) is 1.05. The Morgan fingerprint density at radius 3 is 2.52 bits per heavy atom. The van der Waals surface area contributed by atoms with E-state index in [4.69, 9.17) is 9.47 Å². The minimum absolute atomic E-state index is 0.0269. The van der Waals surface area contributed by atoms with E-state index in [0.29, 0.717) is 37.1 Å². The summed E-state index contributed by atoms with van der Waals surface area (Å²) in [7, 11) is 4.96. The second-order valence-electron chi connectivity index (χ2n) is 5.63. The average molecular weight is 391 g/mol. The number of nitrogens with one attached hydrogen (secondary N) is 3. The van der Waals surface area contributed by atoms with Crippen LogP contribution in [-0.4, -0.2) is 46.2 Å². The van der Waals surface area contributed by atoms with Crippen LogP contribution in [0.5, 0.6) is 11.5 Å². The molecule has 8 heteroatoms. The van der Waals surface area contributed by atoms with Crippen molar-refractivity contribution in [2.24, 2.45) is 4.99 Å². The lowest BCUT2D eigenvalue weighted by atomic mass is 10.2. The number of methoxy groups -OCH3 is 2. The molecule has 0 atom stereocenters. The first kappa shape index (κ1) is 20.6. The van der Waals surface area contributed by atoms with Crippen molar-refractivity contribution in [3.8, 4) is 11.5 Å². The monoisotopic (exact) mass is 390 g/mol. The number of benzene rings is 1. The molecule has 0 bridgehead atoms. The number of thiophene rings is 1. The minimum Gasteiger partial charge on any atom is -0.493 e. The lowest BCUT2D eigenvalue weighted by Crippen LogP contribution is -2.38. The summed E-state index contributed by atoms with van der Waals surface area (Å²) in [6.45, 7) is 1.92. The summed E-state index contributed by atoms with van der Waals surface area (Å²) in [6, 6.07) is 9.47. The number of carbonyl (C=O) groups excluding carboxylic acids is 1. The molecule has 1 aromatic heterocycles. The Balaban J connectivity index is 1.69. The zero-order chi connectivity index (χ0) is 19.5. The lowest BCUT2D eigenvalue weighted by Gasteiger charge is -2.13. The number of hydrogen-bond donors (Lipinski definition) is 3. The van der Waals surface area contributed by atoms with Crippen molar-refractivity contribution in [3.63, 3.8) is 0 Å². The van der Waals surface area contributed by atoms with Crippen LogP contribution in [0.15, 0.2) is 40.7 Å². The first-order chi connectivity index (χ1) is 13.2. The molecule has 1 heterocycles. The van der Waals surface area contributed by atoms with Gasteiger partial charge in [0, 0.05) is 26.7 Å². The van der Waals surface area contributed by atoms with Crippen molar-refractivity contribution in [1.82, 2.24) is 16.0 Å². The Morgan fingerprint density at radius 1 is 1.07 bits per heavy atom. The number of guanidine groups is 1. The normalized spacial score (nSPS) is 11.0. The summed E-state index contributed by atoms with van der Waals surface area (Å²) in [5.74, 6) is 2.07. The fraction of sp³-hybridized carbons (Fsp3) is 0.368. The van der Waals surface area contributed by atoms with Crippen molar-refractivity contribution in [3.05, 3.63) is 46.2 Å². The molecule has 3 N–H and O–H groups in total. The molecule has 0 aliphatic carbocycles. The van der Waals surface area contributed by atoms with E-state index in [1.54, 1.807) is 21.3 Å². The number of rotatable bonds is 9. The SMILES string of the molecule is CN=C(NCCCNC(=O)c1cccs1)NCc1ccc(OC)c(OC)c1. The molecule has 0 saturated heterocycles. The number of aliphatic imine (C=N–C) groups is 1. The van der Waals surface area contributed by atoms with Gasteiger partial charge < -0.3 is 25.4 Å². The van der Waals surface area contributed by atoms with Gasteiger partial charge in [0.15, 0.2) is 17.5 Å². The molecule has 0 saturated carbocycles. The van der Waals surface area contributed by atoms with Crippen LogP contribution in [0.2, 0.25) is 0 Å². The standard InChI is InChI=1S/C19H26N4O3S/c1-20-19(22-10-5-9-21-18(24)17-6-4-11-27-17)23-13-14-7-8-15(25-2)16(12-14)26-3/h4,6-8,11-12H,5,9-10,13H2,1-3H3,(H,21,24)(H2,20,22,23). The molecule has 0 radical (unpaired) electrons. The molecule has 0 spiro atoms. The Labute approximate surface area is 163 Å². The number of carbonyl (C=O) groups is 1. The zero-order valence-electron chi connectivity index (χ0n) is 15.9. The maximum Gasteiger partial charge on any atom is 0.261 e. The van der Waals surface area contributed by atoms with Crippen LogP contribution in [0.3, 0.4) is 0 Å². The quantitative estimate of drug-likeness (QED) is 0.347. The van der Waals surface area contributed by atoms with Crippen LogP contribution in [0.1, 0.15) is 21.7 Å². The van der Waals surface area contributed by atoms with Gasteiger partial charge in [-0.3, -0.25) is 9.79 Å². The fourth-order valence-electron chi connectivity index (χ4n) is 2.39. The number of hydrogen-bond acceptors (Lipinski definition) is 5. The van der Waals surface area contributed by atoms with E-state index in [2.05, 4.69) is 20.9 Å².